The Morgan fingerprint density at radius 2 is 2.36 bits per heavy atom. The van der Waals surface area contributed by atoms with E-state index in [-0.39, 0.29) is 0 Å². The molecule has 0 N–H and O–H groups in total. The Labute approximate surface area is 99.7 Å². The van der Waals surface area contributed by atoms with Crippen LogP contribution in [0, 0.1) is 0 Å². The zero-order chi connectivity index (χ0) is 10.1. The van der Waals surface area contributed by atoms with Gasteiger partial charge in [0.05, 0.1) is 0 Å². The van der Waals surface area contributed by atoms with Crippen LogP contribution in [0.2, 0.25) is 0 Å². The van der Waals surface area contributed by atoms with Crippen LogP contribution in [0.5, 0.6) is 0 Å². The van der Waals surface area contributed by atoms with Gasteiger partial charge >= 0.3 is 0 Å². The highest BCUT2D eigenvalue weighted by Gasteiger charge is 2.10. The number of thiol groups is 1. The van der Waals surface area contributed by atoms with E-state index in [1.54, 1.807) is 11.3 Å². The fraction of sp³-hybridized carbons (Fsp3) is 0.100. The molecule has 0 bridgehead atoms. The average molecular weight is 287 g/mol. The predicted octanol–water partition coefficient (Wildman–Crippen LogP) is 3.90. The Hall–Kier alpha value is -0.320. The van der Waals surface area contributed by atoms with Gasteiger partial charge in [-0.05, 0) is 28.5 Å². The highest BCUT2D eigenvalue weighted by atomic mass is 79.9. The van der Waals surface area contributed by atoms with Crippen LogP contribution in [0.3, 0.4) is 0 Å². The van der Waals surface area contributed by atoms with Crippen LogP contribution in [0.15, 0.2) is 22.4 Å². The molecule has 14 heavy (non-hydrogen) atoms. The topological polar surface area (TPSA) is 17.1 Å². The standard InChI is InChI=1S/C10H7BrOS2/c11-4-7-3-6-1-2-14-10(6)9(13)8(7)5-12/h1-3,5,13H,4H2. The quantitative estimate of drug-likeness (QED) is 0.503. The van der Waals surface area contributed by atoms with Gasteiger partial charge in [0.1, 0.15) is 0 Å². The van der Waals surface area contributed by atoms with Gasteiger partial charge in [-0.25, -0.2) is 0 Å². The first-order chi connectivity index (χ1) is 6.77. The molecule has 0 amide bonds. The number of aldehydes is 1. The van der Waals surface area contributed by atoms with Crippen LogP contribution in [-0.4, -0.2) is 6.29 Å². The number of carbonyl (C=O) groups is 1. The highest BCUT2D eigenvalue weighted by molar-refractivity contribution is 9.08. The maximum absolute atomic E-state index is 10.9. The minimum atomic E-state index is 0.681. The molecule has 0 saturated carbocycles. The monoisotopic (exact) mass is 286 g/mol. The summed E-state index contributed by atoms with van der Waals surface area (Å²) in [6.45, 7) is 0. The molecule has 0 aliphatic rings. The molecule has 72 valence electrons. The number of rotatable bonds is 2. The zero-order valence-corrected chi connectivity index (χ0v) is 10.5. The van der Waals surface area contributed by atoms with E-state index in [4.69, 9.17) is 0 Å². The molecule has 0 spiro atoms. The lowest BCUT2D eigenvalue weighted by Gasteiger charge is -2.05. The Morgan fingerprint density at radius 1 is 1.57 bits per heavy atom. The van der Waals surface area contributed by atoms with Crippen molar-refractivity contribution >= 4 is 56.3 Å². The van der Waals surface area contributed by atoms with E-state index in [9.17, 15) is 4.79 Å². The molecule has 0 aliphatic carbocycles. The summed E-state index contributed by atoms with van der Waals surface area (Å²) in [5.74, 6) is 0. The summed E-state index contributed by atoms with van der Waals surface area (Å²) in [5.41, 5.74) is 1.69. The Kier molecular flexibility index (Phi) is 2.95. The maximum atomic E-state index is 10.9. The second-order valence-electron chi connectivity index (χ2n) is 2.89. The first-order valence-electron chi connectivity index (χ1n) is 4.01. The largest absolute Gasteiger partial charge is 0.298 e. The first kappa shape index (κ1) is 10.2. The van der Waals surface area contributed by atoms with E-state index in [1.807, 2.05) is 17.5 Å². The van der Waals surface area contributed by atoms with Gasteiger partial charge in [-0.2, -0.15) is 0 Å². The van der Waals surface area contributed by atoms with Gasteiger partial charge in [0.25, 0.3) is 0 Å². The molecule has 1 aromatic heterocycles. The smallest absolute Gasteiger partial charge is 0.151 e. The second-order valence-corrected chi connectivity index (χ2v) is 4.81. The Balaban J connectivity index is 2.85. The summed E-state index contributed by atoms with van der Waals surface area (Å²) in [5, 5.41) is 3.84. The van der Waals surface area contributed by atoms with E-state index in [0.29, 0.717) is 10.9 Å². The van der Waals surface area contributed by atoms with Crippen LogP contribution in [-0.2, 0) is 5.33 Å². The number of carbonyl (C=O) groups excluding carboxylic acids is 1. The molecule has 0 atom stereocenters. The van der Waals surface area contributed by atoms with Crippen molar-refractivity contribution in [3.63, 3.8) is 0 Å². The number of alkyl halides is 1. The van der Waals surface area contributed by atoms with Gasteiger partial charge in [0.15, 0.2) is 6.29 Å². The molecule has 1 heterocycles. The van der Waals surface area contributed by atoms with Crippen molar-refractivity contribution in [3.05, 3.63) is 28.6 Å². The van der Waals surface area contributed by atoms with Gasteiger partial charge in [-0.15, -0.1) is 24.0 Å². The number of hydrogen-bond acceptors (Lipinski definition) is 3. The summed E-state index contributed by atoms with van der Waals surface area (Å²) in [6.07, 6.45) is 0.873. The minimum absolute atomic E-state index is 0.681. The Bertz CT molecular complexity index is 490. The van der Waals surface area contributed by atoms with Crippen molar-refractivity contribution in [2.75, 3.05) is 0 Å². The van der Waals surface area contributed by atoms with Crippen LogP contribution in [0.1, 0.15) is 15.9 Å². The maximum Gasteiger partial charge on any atom is 0.151 e. The summed E-state index contributed by atoms with van der Waals surface area (Å²) in [7, 11) is 0. The molecule has 2 rings (SSSR count). The molecule has 2 aromatic rings. The summed E-state index contributed by atoms with van der Waals surface area (Å²) in [6, 6.07) is 4.07. The number of hydrogen-bond donors (Lipinski definition) is 1. The molecule has 0 saturated heterocycles. The lowest BCUT2D eigenvalue weighted by Crippen LogP contribution is -1.91. The average Bonchev–Trinajstić information content (AvgIpc) is 2.65. The molecule has 1 aromatic carbocycles. The molecule has 4 heteroatoms. The van der Waals surface area contributed by atoms with Crippen molar-refractivity contribution in [2.24, 2.45) is 0 Å². The molecular formula is C10H7BrOS2. The number of fused-ring (bicyclic) bond motifs is 1. The Morgan fingerprint density at radius 3 is 3.00 bits per heavy atom. The lowest BCUT2D eigenvalue weighted by molar-refractivity contribution is 0.112. The number of thiophene rings is 1. The normalized spacial score (nSPS) is 10.7. The number of benzene rings is 1. The summed E-state index contributed by atoms with van der Waals surface area (Å²) < 4.78 is 1.08. The van der Waals surface area contributed by atoms with Gasteiger partial charge in [0.2, 0.25) is 0 Å². The van der Waals surface area contributed by atoms with Crippen molar-refractivity contribution in [2.45, 2.75) is 10.2 Å². The van der Waals surface area contributed by atoms with Gasteiger partial charge in [-0.1, -0.05) is 15.9 Å². The SMILES string of the molecule is O=Cc1c(CBr)cc2ccsc2c1S. The fourth-order valence-corrected chi connectivity index (χ4v) is 3.19. The molecule has 0 radical (unpaired) electrons. The van der Waals surface area contributed by atoms with Crippen LogP contribution >= 0.6 is 39.9 Å². The molecule has 0 unspecified atom stereocenters. The molecule has 0 aliphatic heterocycles. The lowest BCUT2D eigenvalue weighted by atomic mass is 10.1. The first-order valence-corrected chi connectivity index (χ1v) is 6.46. The van der Waals surface area contributed by atoms with Crippen molar-refractivity contribution < 1.29 is 4.79 Å². The third-order valence-corrected chi connectivity index (χ3v) is 4.27. The van der Waals surface area contributed by atoms with Gasteiger partial charge in [-0.3, -0.25) is 4.79 Å². The molecular weight excluding hydrogens is 280 g/mol. The van der Waals surface area contributed by atoms with Crippen molar-refractivity contribution in [1.82, 2.24) is 0 Å². The summed E-state index contributed by atoms with van der Waals surface area (Å²) in [4.78, 5) is 11.7. The third-order valence-electron chi connectivity index (χ3n) is 2.10. The zero-order valence-electron chi connectivity index (χ0n) is 7.16. The van der Waals surface area contributed by atoms with Crippen LogP contribution < -0.4 is 0 Å². The third kappa shape index (κ3) is 1.51. The van der Waals surface area contributed by atoms with E-state index >= 15 is 0 Å². The van der Waals surface area contributed by atoms with Gasteiger partial charge < -0.3 is 0 Å². The van der Waals surface area contributed by atoms with E-state index in [2.05, 4.69) is 28.6 Å². The molecule has 1 nitrogen and oxygen atoms in total. The van der Waals surface area contributed by atoms with E-state index in [1.165, 1.54) is 0 Å². The molecule has 0 fully saturated rings. The van der Waals surface area contributed by atoms with Crippen LogP contribution in [0.4, 0.5) is 0 Å². The van der Waals surface area contributed by atoms with E-state index < -0.39 is 0 Å². The van der Waals surface area contributed by atoms with Crippen molar-refractivity contribution in [3.8, 4) is 0 Å². The number of halogens is 1. The van der Waals surface area contributed by atoms with E-state index in [0.717, 1.165) is 26.8 Å². The summed E-state index contributed by atoms with van der Waals surface area (Å²) >= 11 is 9.37. The predicted molar refractivity (Wildman–Crippen MR) is 67.1 cm³/mol. The van der Waals surface area contributed by atoms with Crippen molar-refractivity contribution in [1.29, 1.82) is 0 Å². The van der Waals surface area contributed by atoms with Crippen LogP contribution in [0.25, 0.3) is 10.1 Å². The highest BCUT2D eigenvalue weighted by Crippen LogP contribution is 2.32. The second kappa shape index (κ2) is 4.04. The van der Waals surface area contributed by atoms with Gasteiger partial charge in [0, 0.05) is 20.5 Å². The minimum Gasteiger partial charge on any atom is -0.298 e. The fourth-order valence-electron chi connectivity index (χ4n) is 1.41.